The maximum Gasteiger partial charge on any atom is 0.407 e. The second-order valence-electron chi connectivity index (χ2n) is 8.57. The number of aromatic nitrogens is 2. The molecule has 0 bridgehead atoms. The maximum atomic E-state index is 12.5. The van der Waals surface area contributed by atoms with Crippen molar-refractivity contribution >= 4 is 18.0 Å². The number of nitrogens with zero attached hydrogens (tertiary/aromatic N) is 2. The molecular formula is C25H26N4O6. The molecule has 10 heteroatoms. The highest BCUT2D eigenvalue weighted by atomic mass is 16.5. The first-order valence-corrected chi connectivity index (χ1v) is 11.0. The lowest BCUT2D eigenvalue weighted by Gasteiger charge is -2.18. The van der Waals surface area contributed by atoms with Crippen molar-refractivity contribution in [1.29, 1.82) is 0 Å². The molecule has 1 heterocycles. The lowest BCUT2D eigenvalue weighted by Crippen LogP contribution is -2.46. The highest BCUT2D eigenvalue weighted by Crippen LogP contribution is 2.44. The number of nitrogens with one attached hydrogen (secondary N) is 2. The molecule has 0 spiro atoms. The molecule has 2 aromatic carbocycles. The van der Waals surface area contributed by atoms with Crippen LogP contribution >= 0.6 is 0 Å². The van der Waals surface area contributed by atoms with Crippen molar-refractivity contribution in [3.63, 3.8) is 0 Å². The van der Waals surface area contributed by atoms with E-state index in [2.05, 4.69) is 27.9 Å². The Bertz CT molecular complexity index is 1240. The zero-order valence-corrected chi connectivity index (χ0v) is 19.3. The van der Waals surface area contributed by atoms with E-state index in [4.69, 9.17) is 9.84 Å². The minimum absolute atomic E-state index is 0.0365. The maximum absolute atomic E-state index is 12.5. The highest BCUT2D eigenvalue weighted by molar-refractivity contribution is 5.95. The molecule has 3 aromatic rings. The van der Waals surface area contributed by atoms with Gasteiger partial charge in [-0.2, -0.15) is 5.10 Å². The third-order valence-corrected chi connectivity index (χ3v) is 6.10. The van der Waals surface area contributed by atoms with Gasteiger partial charge in [-0.05, 0) is 29.2 Å². The summed E-state index contributed by atoms with van der Waals surface area (Å²) in [6, 6.07) is 16.1. The van der Waals surface area contributed by atoms with E-state index in [1.165, 1.54) is 10.9 Å². The van der Waals surface area contributed by atoms with Gasteiger partial charge in [0.2, 0.25) is 0 Å². The van der Waals surface area contributed by atoms with Gasteiger partial charge < -0.3 is 25.6 Å². The van der Waals surface area contributed by atoms with Gasteiger partial charge in [-0.15, -0.1) is 0 Å². The van der Waals surface area contributed by atoms with Crippen molar-refractivity contribution in [3.8, 4) is 11.1 Å². The van der Waals surface area contributed by atoms with E-state index in [1.54, 1.807) is 7.05 Å². The predicted molar refractivity (Wildman–Crippen MR) is 126 cm³/mol. The third-order valence-electron chi connectivity index (χ3n) is 6.10. The Balaban J connectivity index is 1.37. The summed E-state index contributed by atoms with van der Waals surface area (Å²) in [5.74, 6) is -2.15. The molecule has 1 unspecified atom stereocenters. The Kier molecular flexibility index (Phi) is 6.57. The average molecular weight is 479 g/mol. The summed E-state index contributed by atoms with van der Waals surface area (Å²) in [6.07, 6.45) is 0.660. The van der Waals surface area contributed by atoms with Crippen LogP contribution in [0.1, 0.15) is 40.0 Å². The van der Waals surface area contributed by atoms with Crippen LogP contribution < -0.4 is 10.6 Å². The number of ether oxygens (including phenoxy) is 1. The minimum atomic E-state index is -2.11. The zero-order valence-electron chi connectivity index (χ0n) is 19.3. The van der Waals surface area contributed by atoms with Crippen LogP contribution in [0.3, 0.4) is 0 Å². The molecule has 4 N–H and O–H groups in total. The Morgan fingerprint density at radius 3 is 2.26 bits per heavy atom. The normalized spacial score (nSPS) is 13.9. The van der Waals surface area contributed by atoms with Gasteiger partial charge in [0.1, 0.15) is 6.61 Å². The number of fused-ring (bicyclic) bond motifs is 3. The number of rotatable bonds is 8. The molecule has 1 aromatic heterocycles. The topological polar surface area (TPSA) is 143 Å². The van der Waals surface area contributed by atoms with Gasteiger partial charge in [0.15, 0.2) is 5.60 Å². The number of hydrogen-bond donors (Lipinski definition) is 4. The van der Waals surface area contributed by atoms with E-state index < -0.39 is 30.1 Å². The van der Waals surface area contributed by atoms with Crippen molar-refractivity contribution in [3.05, 3.63) is 77.1 Å². The number of aliphatic hydroxyl groups is 1. The Labute approximate surface area is 201 Å². The van der Waals surface area contributed by atoms with Crippen LogP contribution in [0.4, 0.5) is 4.79 Å². The van der Waals surface area contributed by atoms with Crippen LogP contribution in [0.25, 0.3) is 11.1 Å². The molecule has 35 heavy (non-hydrogen) atoms. The largest absolute Gasteiger partial charge is 0.479 e. The van der Waals surface area contributed by atoms with Crippen LogP contribution in [0, 0.1) is 0 Å². The summed E-state index contributed by atoms with van der Waals surface area (Å²) in [5.41, 5.74) is 2.89. The van der Waals surface area contributed by atoms with Crippen molar-refractivity contribution in [1.82, 2.24) is 20.4 Å². The summed E-state index contributed by atoms with van der Waals surface area (Å²) in [4.78, 5) is 36.0. The Morgan fingerprint density at radius 1 is 1.06 bits per heavy atom. The summed E-state index contributed by atoms with van der Waals surface area (Å²) in [6.45, 7) is 0.710. The number of alkyl carbamates (subject to hydrolysis) is 1. The smallest absolute Gasteiger partial charge is 0.407 e. The third kappa shape index (κ3) is 4.87. The first-order valence-electron chi connectivity index (χ1n) is 11.0. The van der Waals surface area contributed by atoms with Crippen molar-refractivity contribution in [2.45, 2.75) is 25.0 Å². The minimum Gasteiger partial charge on any atom is -0.479 e. The van der Waals surface area contributed by atoms with Crippen LogP contribution in [0.5, 0.6) is 0 Å². The van der Waals surface area contributed by atoms with Gasteiger partial charge >= 0.3 is 12.1 Å². The van der Waals surface area contributed by atoms with E-state index in [-0.39, 0.29) is 24.6 Å². The molecular weight excluding hydrogens is 452 g/mol. The first kappa shape index (κ1) is 24.0. The molecule has 0 radical (unpaired) electrons. The fraction of sp³-hybridized carbons (Fsp3) is 0.280. The number of carbonyl (C=O) groups is 3. The van der Waals surface area contributed by atoms with E-state index in [1.807, 2.05) is 36.4 Å². The number of hydrogen-bond acceptors (Lipinski definition) is 6. The molecule has 0 aliphatic heterocycles. The average Bonchev–Trinajstić information content (AvgIpc) is 3.37. The lowest BCUT2D eigenvalue weighted by atomic mass is 9.98. The molecule has 10 nitrogen and oxygen atoms in total. The predicted octanol–water partition coefficient (Wildman–Crippen LogP) is 2.02. The molecule has 1 atom stereocenters. The molecule has 1 aliphatic rings. The van der Waals surface area contributed by atoms with Gasteiger partial charge in [0.25, 0.3) is 5.91 Å². The number of benzene rings is 2. The fourth-order valence-electron chi connectivity index (χ4n) is 4.09. The van der Waals surface area contributed by atoms with Gasteiger partial charge in [-0.1, -0.05) is 48.5 Å². The number of carboxylic acid groups (broad SMARTS) is 1. The molecule has 1 aliphatic carbocycles. The number of carboxylic acids is 1. The molecule has 0 fully saturated rings. The van der Waals surface area contributed by atoms with Crippen LogP contribution in [0.2, 0.25) is 0 Å². The standard InChI is InChI=1S/C25H26N4O6/c1-25(34,23(31)32)14-27-22(30)19-11-28-29(2)21(19)12-26-24(33)35-13-20-17-9-5-3-7-15(17)16-8-4-6-10-18(16)20/h3-11,20,34H,12-14H2,1-2H3,(H,26,33)(H,27,30)(H,31,32). The van der Waals surface area contributed by atoms with Gasteiger partial charge in [-0.3, -0.25) is 9.48 Å². The summed E-state index contributed by atoms with van der Waals surface area (Å²) in [5, 5.41) is 27.8. The summed E-state index contributed by atoms with van der Waals surface area (Å²) < 4.78 is 6.94. The fourth-order valence-corrected chi connectivity index (χ4v) is 4.09. The summed E-state index contributed by atoms with van der Waals surface area (Å²) >= 11 is 0. The van der Waals surface area contributed by atoms with Crippen LogP contribution in [0.15, 0.2) is 54.7 Å². The van der Waals surface area contributed by atoms with Crippen LogP contribution in [-0.2, 0) is 23.1 Å². The monoisotopic (exact) mass is 478 g/mol. The highest BCUT2D eigenvalue weighted by Gasteiger charge is 2.31. The molecule has 0 saturated heterocycles. The number of aliphatic carboxylic acids is 1. The summed E-state index contributed by atoms with van der Waals surface area (Å²) in [7, 11) is 1.61. The van der Waals surface area contributed by atoms with E-state index >= 15 is 0 Å². The SMILES string of the molecule is Cn1ncc(C(=O)NCC(C)(O)C(=O)O)c1CNC(=O)OCC1c2ccccc2-c2ccccc21. The number of carbonyl (C=O) groups excluding carboxylic acids is 2. The van der Waals surface area contributed by atoms with E-state index in [0.717, 1.165) is 29.2 Å². The Hall–Kier alpha value is -4.18. The van der Waals surface area contributed by atoms with Crippen LogP contribution in [-0.4, -0.2) is 56.7 Å². The Morgan fingerprint density at radius 2 is 1.66 bits per heavy atom. The van der Waals surface area contributed by atoms with Gasteiger partial charge in [0, 0.05) is 13.0 Å². The van der Waals surface area contributed by atoms with Gasteiger partial charge in [-0.25, -0.2) is 9.59 Å². The second-order valence-corrected chi connectivity index (χ2v) is 8.57. The lowest BCUT2D eigenvalue weighted by molar-refractivity contribution is -0.155. The molecule has 182 valence electrons. The van der Waals surface area contributed by atoms with Crippen molar-refractivity contribution < 1.29 is 29.3 Å². The zero-order chi connectivity index (χ0) is 25.2. The number of amides is 2. The van der Waals surface area contributed by atoms with E-state index in [9.17, 15) is 19.5 Å². The molecule has 0 saturated carbocycles. The van der Waals surface area contributed by atoms with Crippen molar-refractivity contribution in [2.75, 3.05) is 13.2 Å². The second kappa shape index (κ2) is 9.59. The first-order chi connectivity index (χ1) is 16.7. The number of aryl methyl sites for hydroxylation is 1. The van der Waals surface area contributed by atoms with Gasteiger partial charge in [0.05, 0.1) is 30.5 Å². The van der Waals surface area contributed by atoms with E-state index in [0.29, 0.717) is 5.69 Å². The molecule has 4 rings (SSSR count). The molecule has 2 amide bonds. The quantitative estimate of drug-likeness (QED) is 0.388. The van der Waals surface area contributed by atoms with Crippen molar-refractivity contribution in [2.24, 2.45) is 7.05 Å².